The zero-order chi connectivity index (χ0) is 16.8. The Morgan fingerprint density at radius 2 is 2.21 bits per heavy atom. The van der Waals surface area contributed by atoms with Gasteiger partial charge in [-0.2, -0.15) is 10.2 Å². The highest BCUT2D eigenvalue weighted by Gasteiger charge is 2.38. The highest BCUT2D eigenvalue weighted by Crippen LogP contribution is 2.36. The number of nitrogens with one attached hydrogen (secondary N) is 1. The van der Waals surface area contributed by atoms with Gasteiger partial charge in [-0.15, -0.1) is 12.3 Å². The molecule has 1 aromatic carbocycles. The summed E-state index contributed by atoms with van der Waals surface area (Å²) < 4.78 is 5.85. The first kappa shape index (κ1) is 16.7. The molecule has 0 fully saturated rings. The summed E-state index contributed by atoms with van der Waals surface area (Å²) >= 11 is 0. The molecule has 0 radical (unpaired) electrons. The van der Waals surface area contributed by atoms with Crippen molar-refractivity contribution in [2.45, 2.75) is 50.3 Å². The second kappa shape index (κ2) is 7.59. The summed E-state index contributed by atoms with van der Waals surface area (Å²) in [5.41, 5.74) is 2.21. The Morgan fingerprint density at radius 3 is 3.00 bits per heavy atom. The van der Waals surface area contributed by atoms with Gasteiger partial charge in [0.25, 0.3) is 0 Å². The van der Waals surface area contributed by atoms with E-state index < -0.39 is 0 Å². The maximum atomic E-state index is 12.0. The number of ether oxygens (including phenoxy) is 1. The second-order valence-electron chi connectivity index (χ2n) is 6.38. The van der Waals surface area contributed by atoms with Crippen molar-refractivity contribution in [2.75, 3.05) is 13.2 Å². The van der Waals surface area contributed by atoms with Crippen molar-refractivity contribution in [1.29, 1.82) is 0 Å². The van der Waals surface area contributed by atoms with Crippen molar-refractivity contribution in [1.82, 2.24) is 5.32 Å². The van der Waals surface area contributed by atoms with Gasteiger partial charge in [-0.25, -0.2) is 0 Å². The molecule has 1 heterocycles. The molecule has 5 heteroatoms. The van der Waals surface area contributed by atoms with Gasteiger partial charge in [0, 0.05) is 25.8 Å². The smallest absolute Gasteiger partial charge is 0.246 e. The Labute approximate surface area is 142 Å². The van der Waals surface area contributed by atoms with E-state index in [0.717, 1.165) is 25.7 Å². The van der Waals surface area contributed by atoms with Crippen LogP contribution in [0, 0.1) is 12.3 Å². The Kier molecular flexibility index (Phi) is 5.27. The molecule has 5 nitrogen and oxygen atoms in total. The molecule has 1 atom stereocenters. The van der Waals surface area contributed by atoms with Crippen LogP contribution < -0.4 is 5.32 Å². The van der Waals surface area contributed by atoms with Crippen LogP contribution in [0.15, 0.2) is 34.5 Å². The van der Waals surface area contributed by atoms with Crippen molar-refractivity contribution < 1.29 is 9.53 Å². The summed E-state index contributed by atoms with van der Waals surface area (Å²) in [5.74, 6) is 2.51. The number of fused-ring (bicyclic) bond motifs is 1. The predicted octanol–water partition coefficient (Wildman–Crippen LogP) is 3.16. The van der Waals surface area contributed by atoms with E-state index in [4.69, 9.17) is 11.2 Å². The topological polar surface area (TPSA) is 63.0 Å². The molecule has 0 bridgehead atoms. The Balaban J connectivity index is 1.39. The summed E-state index contributed by atoms with van der Waals surface area (Å²) in [5, 5.41) is 11.0. The molecular formula is C19H23N3O2. The van der Waals surface area contributed by atoms with Crippen molar-refractivity contribution >= 4 is 5.91 Å². The van der Waals surface area contributed by atoms with Crippen molar-refractivity contribution in [3.63, 3.8) is 0 Å². The molecule has 24 heavy (non-hydrogen) atoms. The third-order valence-corrected chi connectivity index (χ3v) is 4.63. The van der Waals surface area contributed by atoms with Crippen LogP contribution in [0.4, 0.5) is 0 Å². The molecule has 0 saturated heterocycles. The van der Waals surface area contributed by atoms with Gasteiger partial charge < -0.3 is 10.1 Å². The lowest BCUT2D eigenvalue weighted by molar-refractivity contribution is -0.128. The highest BCUT2D eigenvalue weighted by molar-refractivity contribution is 5.77. The second-order valence-corrected chi connectivity index (χ2v) is 6.38. The number of terminal acetylenes is 1. The van der Waals surface area contributed by atoms with Crippen LogP contribution in [-0.4, -0.2) is 24.7 Å². The SMILES string of the molecule is C#CCCC1(CCNC(=O)COC2CCCc3ccccc32)N=N1. The third-order valence-electron chi connectivity index (χ3n) is 4.63. The van der Waals surface area contributed by atoms with E-state index in [9.17, 15) is 4.79 Å². The maximum absolute atomic E-state index is 12.0. The van der Waals surface area contributed by atoms with E-state index in [1.807, 2.05) is 6.07 Å². The van der Waals surface area contributed by atoms with Crippen LogP contribution in [0.25, 0.3) is 0 Å². The number of hydrogen-bond acceptors (Lipinski definition) is 4. The lowest BCUT2D eigenvalue weighted by Crippen LogP contribution is -2.32. The first-order chi connectivity index (χ1) is 11.7. The standard InChI is InChI=1S/C19H23N3O2/c1-2-3-11-19(21-22-19)12-13-20-18(23)14-24-17-10-6-8-15-7-4-5-9-16(15)17/h1,4-5,7,9,17H,3,6,8,10-14H2,(H,20,23). The van der Waals surface area contributed by atoms with E-state index in [1.165, 1.54) is 11.1 Å². The fourth-order valence-corrected chi connectivity index (χ4v) is 3.18. The number of nitrogens with zero attached hydrogens (tertiary/aromatic N) is 2. The van der Waals surface area contributed by atoms with Crippen LogP contribution in [0.5, 0.6) is 0 Å². The maximum Gasteiger partial charge on any atom is 0.246 e. The summed E-state index contributed by atoms with van der Waals surface area (Å²) in [4.78, 5) is 12.0. The fraction of sp³-hybridized carbons (Fsp3) is 0.526. The Morgan fingerprint density at radius 1 is 1.38 bits per heavy atom. The van der Waals surface area contributed by atoms with E-state index in [-0.39, 0.29) is 24.3 Å². The van der Waals surface area contributed by atoms with E-state index >= 15 is 0 Å². The molecule has 1 amide bonds. The van der Waals surface area contributed by atoms with Gasteiger partial charge in [-0.3, -0.25) is 4.79 Å². The minimum Gasteiger partial charge on any atom is -0.364 e. The van der Waals surface area contributed by atoms with Gasteiger partial charge in [-0.05, 0) is 30.4 Å². The number of carbonyl (C=O) groups excluding carboxylic acids is 1. The van der Waals surface area contributed by atoms with Gasteiger partial charge in [0.2, 0.25) is 5.91 Å². The number of hydrogen-bond donors (Lipinski definition) is 1. The van der Waals surface area contributed by atoms with Gasteiger partial charge in [0.15, 0.2) is 5.66 Å². The average Bonchev–Trinajstić information content (AvgIpc) is 3.38. The molecule has 1 aliphatic heterocycles. The van der Waals surface area contributed by atoms with Crippen LogP contribution in [0.3, 0.4) is 0 Å². The van der Waals surface area contributed by atoms with Crippen molar-refractivity contribution in [2.24, 2.45) is 10.2 Å². The number of benzene rings is 1. The first-order valence-corrected chi connectivity index (χ1v) is 8.56. The largest absolute Gasteiger partial charge is 0.364 e. The molecule has 2 aliphatic rings. The van der Waals surface area contributed by atoms with Gasteiger partial charge >= 0.3 is 0 Å². The first-order valence-electron chi connectivity index (χ1n) is 8.56. The monoisotopic (exact) mass is 325 g/mol. The molecule has 1 aromatic rings. The molecule has 126 valence electrons. The molecular weight excluding hydrogens is 302 g/mol. The van der Waals surface area contributed by atoms with Crippen LogP contribution in [-0.2, 0) is 16.0 Å². The van der Waals surface area contributed by atoms with Crippen molar-refractivity contribution in [3.8, 4) is 12.3 Å². The van der Waals surface area contributed by atoms with Crippen LogP contribution in [0.1, 0.15) is 49.3 Å². The molecule has 3 rings (SSSR count). The fourth-order valence-electron chi connectivity index (χ4n) is 3.18. The Bertz CT molecular complexity index is 657. The third kappa shape index (κ3) is 4.21. The Hall–Kier alpha value is -2.19. The van der Waals surface area contributed by atoms with E-state index in [2.05, 4.69) is 39.7 Å². The molecule has 1 aliphatic carbocycles. The lowest BCUT2D eigenvalue weighted by Gasteiger charge is -2.25. The summed E-state index contributed by atoms with van der Waals surface area (Å²) in [6, 6.07) is 8.32. The predicted molar refractivity (Wildman–Crippen MR) is 91.4 cm³/mol. The summed E-state index contributed by atoms with van der Waals surface area (Å²) in [6.45, 7) is 0.631. The molecule has 1 unspecified atom stereocenters. The van der Waals surface area contributed by atoms with E-state index in [1.54, 1.807) is 0 Å². The molecule has 0 saturated carbocycles. The molecule has 0 spiro atoms. The average molecular weight is 325 g/mol. The molecule has 0 aromatic heterocycles. The van der Waals surface area contributed by atoms with Crippen molar-refractivity contribution in [3.05, 3.63) is 35.4 Å². The summed E-state index contributed by atoms with van der Waals surface area (Å²) in [7, 11) is 0. The normalized spacial score (nSPS) is 20.0. The number of aryl methyl sites for hydroxylation is 1. The lowest BCUT2D eigenvalue weighted by atomic mass is 9.89. The molecule has 1 N–H and O–H groups in total. The summed E-state index contributed by atoms with van der Waals surface area (Å²) in [6.07, 6.45) is 10.6. The van der Waals surface area contributed by atoms with Gasteiger partial charge in [-0.1, -0.05) is 24.3 Å². The van der Waals surface area contributed by atoms with E-state index in [0.29, 0.717) is 19.4 Å². The minimum absolute atomic E-state index is 0.0242. The van der Waals surface area contributed by atoms with Crippen LogP contribution >= 0.6 is 0 Å². The zero-order valence-corrected chi connectivity index (χ0v) is 13.8. The number of amides is 1. The zero-order valence-electron chi connectivity index (χ0n) is 13.8. The number of rotatable bonds is 8. The van der Waals surface area contributed by atoms with Crippen LogP contribution in [0.2, 0.25) is 0 Å². The number of carbonyl (C=O) groups is 1. The highest BCUT2D eigenvalue weighted by atomic mass is 16.5. The minimum atomic E-state index is -0.344. The quantitative estimate of drug-likeness (QED) is 0.746. The van der Waals surface area contributed by atoms with Gasteiger partial charge in [0.05, 0.1) is 6.10 Å². The van der Waals surface area contributed by atoms with Gasteiger partial charge in [0.1, 0.15) is 6.61 Å².